The second-order valence-corrected chi connectivity index (χ2v) is 6.74. The van der Waals surface area contributed by atoms with Crippen LogP contribution in [0.3, 0.4) is 0 Å². The smallest absolute Gasteiger partial charge is 0.241 e. The first kappa shape index (κ1) is 19.9. The number of aryl methyl sites for hydroxylation is 2. The Morgan fingerprint density at radius 1 is 1.19 bits per heavy atom. The SMILES string of the molecule is Cc1ccnc(NC(=O)CN(C)C(C)C(=O)Nc2cc(Cl)ccc2C)c1. The highest BCUT2D eigenvalue weighted by molar-refractivity contribution is 6.31. The van der Waals surface area contributed by atoms with Crippen LogP contribution in [0.15, 0.2) is 36.5 Å². The van der Waals surface area contributed by atoms with Gasteiger partial charge in [0, 0.05) is 16.9 Å². The lowest BCUT2D eigenvalue weighted by atomic mass is 10.2. The Balaban J connectivity index is 1.93. The van der Waals surface area contributed by atoms with Crippen molar-refractivity contribution in [3.05, 3.63) is 52.7 Å². The van der Waals surface area contributed by atoms with Crippen molar-refractivity contribution in [1.29, 1.82) is 0 Å². The van der Waals surface area contributed by atoms with Crippen LogP contribution in [0, 0.1) is 13.8 Å². The Morgan fingerprint density at radius 3 is 2.62 bits per heavy atom. The molecule has 26 heavy (non-hydrogen) atoms. The molecular weight excluding hydrogens is 352 g/mol. The highest BCUT2D eigenvalue weighted by atomic mass is 35.5. The number of amides is 2. The minimum absolute atomic E-state index is 0.0682. The molecule has 6 nitrogen and oxygen atoms in total. The van der Waals surface area contributed by atoms with Crippen molar-refractivity contribution in [1.82, 2.24) is 9.88 Å². The molecule has 1 unspecified atom stereocenters. The van der Waals surface area contributed by atoms with Gasteiger partial charge in [0.2, 0.25) is 11.8 Å². The Hall–Kier alpha value is -2.44. The van der Waals surface area contributed by atoms with Crippen LogP contribution in [0.4, 0.5) is 11.5 Å². The molecule has 0 aliphatic heterocycles. The molecule has 2 amide bonds. The summed E-state index contributed by atoms with van der Waals surface area (Å²) < 4.78 is 0. The summed E-state index contributed by atoms with van der Waals surface area (Å²) in [5.74, 6) is 0.0543. The van der Waals surface area contributed by atoms with Gasteiger partial charge in [-0.3, -0.25) is 14.5 Å². The molecule has 0 saturated carbocycles. The van der Waals surface area contributed by atoms with E-state index in [4.69, 9.17) is 11.6 Å². The third kappa shape index (κ3) is 5.54. The van der Waals surface area contributed by atoms with E-state index < -0.39 is 6.04 Å². The minimum atomic E-state index is -0.496. The summed E-state index contributed by atoms with van der Waals surface area (Å²) in [7, 11) is 1.72. The summed E-state index contributed by atoms with van der Waals surface area (Å²) in [6.45, 7) is 5.63. The van der Waals surface area contributed by atoms with Crippen LogP contribution in [0.5, 0.6) is 0 Å². The fourth-order valence-corrected chi connectivity index (χ4v) is 2.49. The molecule has 0 aliphatic rings. The molecule has 0 spiro atoms. The number of likely N-dealkylation sites (N-methyl/N-ethyl adjacent to an activating group) is 1. The molecule has 2 rings (SSSR count). The zero-order valence-corrected chi connectivity index (χ0v) is 16.1. The maximum absolute atomic E-state index is 12.5. The molecule has 0 saturated heterocycles. The molecule has 2 N–H and O–H groups in total. The fraction of sp³-hybridized carbons (Fsp3) is 0.316. The Kier molecular flexibility index (Phi) is 6.71. The standard InChI is InChI=1S/C19H23ClN4O2/c1-12-7-8-21-17(9-12)23-18(25)11-24(4)14(3)19(26)22-16-10-15(20)6-5-13(16)2/h5-10,14H,11H2,1-4H3,(H,22,26)(H,21,23,25). The number of hydrogen-bond donors (Lipinski definition) is 2. The Morgan fingerprint density at radius 2 is 1.92 bits per heavy atom. The molecular formula is C19H23ClN4O2. The highest BCUT2D eigenvalue weighted by Crippen LogP contribution is 2.20. The van der Waals surface area contributed by atoms with E-state index in [2.05, 4.69) is 15.6 Å². The van der Waals surface area contributed by atoms with E-state index in [-0.39, 0.29) is 18.4 Å². The molecule has 0 aliphatic carbocycles. The van der Waals surface area contributed by atoms with Crippen molar-refractivity contribution in [2.75, 3.05) is 24.2 Å². The zero-order valence-electron chi connectivity index (χ0n) is 15.3. The van der Waals surface area contributed by atoms with Crippen LogP contribution in [0.2, 0.25) is 5.02 Å². The number of halogens is 1. The lowest BCUT2D eigenvalue weighted by Crippen LogP contribution is -2.43. The van der Waals surface area contributed by atoms with Gasteiger partial charge in [-0.1, -0.05) is 17.7 Å². The zero-order chi connectivity index (χ0) is 19.3. The Labute approximate surface area is 158 Å². The monoisotopic (exact) mass is 374 g/mol. The van der Waals surface area contributed by atoms with Crippen LogP contribution in [-0.4, -0.2) is 41.3 Å². The maximum Gasteiger partial charge on any atom is 0.241 e. The van der Waals surface area contributed by atoms with Crippen molar-refractivity contribution >= 4 is 34.9 Å². The van der Waals surface area contributed by atoms with Crippen molar-refractivity contribution in [2.24, 2.45) is 0 Å². The molecule has 138 valence electrons. The number of anilines is 2. The van der Waals surface area contributed by atoms with Gasteiger partial charge in [0.15, 0.2) is 0 Å². The molecule has 1 heterocycles. The molecule has 2 aromatic rings. The number of benzene rings is 1. The number of carbonyl (C=O) groups is 2. The third-order valence-corrected chi connectivity index (χ3v) is 4.31. The second-order valence-electron chi connectivity index (χ2n) is 6.31. The van der Waals surface area contributed by atoms with Crippen molar-refractivity contribution in [3.8, 4) is 0 Å². The quantitative estimate of drug-likeness (QED) is 0.813. The number of rotatable bonds is 6. The van der Waals surface area contributed by atoms with Crippen molar-refractivity contribution < 1.29 is 9.59 Å². The normalized spacial score (nSPS) is 11.9. The van der Waals surface area contributed by atoms with Crippen LogP contribution >= 0.6 is 11.6 Å². The van der Waals surface area contributed by atoms with E-state index in [9.17, 15) is 9.59 Å². The number of pyridine rings is 1. The summed E-state index contributed by atoms with van der Waals surface area (Å²) in [5, 5.41) is 6.14. The molecule has 7 heteroatoms. The first-order valence-corrected chi connectivity index (χ1v) is 8.64. The van der Waals surface area contributed by atoms with E-state index in [0.29, 0.717) is 16.5 Å². The van der Waals surface area contributed by atoms with Gasteiger partial charge in [-0.05, 0) is 63.2 Å². The topological polar surface area (TPSA) is 74.3 Å². The molecule has 0 radical (unpaired) electrons. The minimum Gasteiger partial charge on any atom is -0.324 e. The average Bonchev–Trinajstić information content (AvgIpc) is 2.57. The van der Waals surface area contributed by atoms with Gasteiger partial charge in [-0.15, -0.1) is 0 Å². The summed E-state index contributed by atoms with van der Waals surface area (Å²) >= 11 is 5.98. The van der Waals surface area contributed by atoms with E-state index in [1.54, 1.807) is 43.3 Å². The highest BCUT2D eigenvalue weighted by Gasteiger charge is 2.21. The molecule has 0 fully saturated rings. The molecule has 0 bridgehead atoms. The van der Waals surface area contributed by atoms with Gasteiger partial charge >= 0.3 is 0 Å². The number of nitrogens with one attached hydrogen (secondary N) is 2. The predicted molar refractivity (Wildman–Crippen MR) is 105 cm³/mol. The van der Waals surface area contributed by atoms with E-state index in [1.807, 2.05) is 26.0 Å². The largest absolute Gasteiger partial charge is 0.324 e. The number of hydrogen-bond acceptors (Lipinski definition) is 4. The fourth-order valence-electron chi connectivity index (χ4n) is 2.32. The van der Waals surface area contributed by atoms with E-state index >= 15 is 0 Å². The summed E-state index contributed by atoms with van der Waals surface area (Å²) in [4.78, 5) is 30.4. The van der Waals surface area contributed by atoms with Gasteiger partial charge in [-0.2, -0.15) is 0 Å². The van der Waals surface area contributed by atoms with Crippen molar-refractivity contribution in [2.45, 2.75) is 26.8 Å². The predicted octanol–water partition coefficient (Wildman–Crippen LogP) is 3.25. The Bertz CT molecular complexity index is 810. The van der Waals surface area contributed by atoms with Gasteiger partial charge in [-0.25, -0.2) is 4.98 Å². The van der Waals surface area contributed by atoms with Gasteiger partial charge < -0.3 is 10.6 Å². The van der Waals surface area contributed by atoms with Crippen LogP contribution in [0.25, 0.3) is 0 Å². The van der Waals surface area contributed by atoms with Crippen LogP contribution in [-0.2, 0) is 9.59 Å². The second kappa shape index (κ2) is 8.78. The lowest BCUT2D eigenvalue weighted by Gasteiger charge is -2.23. The first-order valence-electron chi connectivity index (χ1n) is 8.26. The van der Waals surface area contributed by atoms with Gasteiger partial charge in [0.25, 0.3) is 0 Å². The van der Waals surface area contributed by atoms with Crippen LogP contribution < -0.4 is 10.6 Å². The summed E-state index contributed by atoms with van der Waals surface area (Å²) in [6.07, 6.45) is 1.64. The number of aromatic nitrogens is 1. The van der Waals surface area contributed by atoms with Gasteiger partial charge in [0.1, 0.15) is 5.82 Å². The number of nitrogens with zero attached hydrogens (tertiary/aromatic N) is 2. The van der Waals surface area contributed by atoms with E-state index in [0.717, 1.165) is 11.1 Å². The molecule has 1 aromatic carbocycles. The average molecular weight is 375 g/mol. The number of carbonyl (C=O) groups excluding carboxylic acids is 2. The third-order valence-electron chi connectivity index (χ3n) is 4.07. The molecule has 1 aromatic heterocycles. The van der Waals surface area contributed by atoms with Crippen molar-refractivity contribution in [3.63, 3.8) is 0 Å². The first-order chi connectivity index (χ1) is 12.3. The van der Waals surface area contributed by atoms with Gasteiger partial charge in [0.05, 0.1) is 12.6 Å². The van der Waals surface area contributed by atoms with E-state index in [1.165, 1.54) is 0 Å². The summed E-state index contributed by atoms with van der Waals surface area (Å²) in [5.41, 5.74) is 2.59. The summed E-state index contributed by atoms with van der Waals surface area (Å²) in [6, 6.07) is 8.46. The lowest BCUT2D eigenvalue weighted by molar-refractivity contribution is -0.122. The maximum atomic E-state index is 12.5. The molecule has 1 atom stereocenters. The van der Waals surface area contributed by atoms with Crippen LogP contribution in [0.1, 0.15) is 18.1 Å².